The highest BCUT2D eigenvalue weighted by atomic mass is 16.1. The van der Waals surface area contributed by atoms with Crippen LogP contribution in [-0.2, 0) is 11.3 Å². The number of nitrogens with one attached hydrogen (secondary N) is 2. The molecular formula is C21H34N4O. The number of hydrogen-bond donors (Lipinski definition) is 2. The Bertz CT molecular complexity index is 562. The van der Waals surface area contributed by atoms with Crippen molar-refractivity contribution in [1.82, 2.24) is 20.5 Å². The van der Waals surface area contributed by atoms with Crippen LogP contribution in [0.3, 0.4) is 0 Å². The smallest absolute Gasteiger partial charge is 0.220 e. The van der Waals surface area contributed by atoms with Crippen LogP contribution in [0, 0.1) is 17.8 Å². The average Bonchev–Trinajstić information content (AvgIpc) is 2.63. The van der Waals surface area contributed by atoms with E-state index in [9.17, 15) is 4.79 Å². The Hall–Kier alpha value is -1.46. The number of likely N-dealkylation sites (tertiary alicyclic amines) is 1. The van der Waals surface area contributed by atoms with Crippen LogP contribution in [0.15, 0.2) is 24.5 Å². The fourth-order valence-corrected chi connectivity index (χ4v) is 4.38. The van der Waals surface area contributed by atoms with Gasteiger partial charge in [-0.15, -0.1) is 0 Å². The zero-order valence-electron chi connectivity index (χ0n) is 16.3. The van der Waals surface area contributed by atoms with E-state index in [2.05, 4.69) is 40.4 Å². The van der Waals surface area contributed by atoms with Crippen LogP contribution in [0.5, 0.6) is 0 Å². The Balaban J connectivity index is 1.43. The minimum atomic E-state index is 0.203. The summed E-state index contributed by atoms with van der Waals surface area (Å²) in [5, 5.41) is 6.78. The Morgan fingerprint density at radius 1 is 1.42 bits per heavy atom. The Morgan fingerprint density at radius 3 is 3.08 bits per heavy atom. The van der Waals surface area contributed by atoms with Gasteiger partial charge in [-0.05, 0) is 55.2 Å². The number of pyridine rings is 1. The molecule has 0 radical (unpaired) electrons. The van der Waals surface area contributed by atoms with E-state index >= 15 is 0 Å². The lowest BCUT2D eigenvalue weighted by atomic mass is 9.79. The molecule has 3 rings (SSSR count). The number of aromatic nitrogens is 1. The summed E-state index contributed by atoms with van der Waals surface area (Å²) in [7, 11) is 0. The number of carbonyl (C=O) groups is 1. The van der Waals surface area contributed by atoms with Crippen LogP contribution < -0.4 is 10.6 Å². The summed E-state index contributed by atoms with van der Waals surface area (Å²) in [5.74, 6) is 2.19. The number of piperidine rings is 2. The van der Waals surface area contributed by atoms with Gasteiger partial charge in [-0.1, -0.05) is 19.9 Å². The summed E-state index contributed by atoms with van der Waals surface area (Å²) in [6.45, 7) is 9.50. The number of hydrogen-bond acceptors (Lipinski definition) is 4. The minimum absolute atomic E-state index is 0.203. The minimum Gasteiger partial charge on any atom is -0.356 e. The molecular weight excluding hydrogens is 324 g/mol. The first-order valence-electron chi connectivity index (χ1n) is 10.2. The van der Waals surface area contributed by atoms with Gasteiger partial charge in [-0.3, -0.25) is 14.7 Å². The topological polar surface area (TPSA) is 57.3 Å². The monoisotopic (exact) mass is 358 g/mol. The summed E-state index contributed by atoms with van der Waals surface area (Å²) in [5.41, 5.74) is 1.30. The predicted molar refractivity (Wildman–Crippen MR) is 105 cm³/mol. The van der Waals surface area contributed by atoms with Crippen molar-refractivity contribution in [3.05, 3.63) is 30.1 Å². The lowest BCUT2D eigenvalue weighted by Crippen LogP contribution is -2.55. The molecule has 144 valence electrons. The van der Waals surface area contributed by atoms with Crippen LogP contribution in [-0.4, -0.2) is 48.0 Å². The summed E-state index contributed by atoms with van der Waals surface area (Å²) < 4.78 is 0. The molecule has 2 aliphatic rings. The normalized spacial score (nSPS) is 26.0. The lowest BCUT2D eigenvalue weighted by molar-refractivity contribution is -0.121. The van der Waals surface area contributed by atoms with Crippen molar-refractivity contribution in [2.45, 2.75) is 52.1 Å². The summed E-state index contributed by atoms with van der Waals surface area (Å²) >= 11 is 0. The van der Waals surface area contributed by atoms with Crippen LogP contribution in [0.25, 0.3) is 0 Å². The Kier molecular flexibility index (Phi) is 7.03. The molecule has 26 heavy (non-hydrogen) atoms. The van der Waals surface area contributed by atoms with Gasteiger partial charge in [0.15, 0.2) is 0 Å². The van der Waals surface area contributed by atoms with Crippen molar-refractivity contribution in [1.29, 1.82) is 0 Å². The molecule has 1 amide bonds. The Labute approximate surface area is 157 Å². The fourth-order valence-electron chi connectivity index (χ4n) is 4.38. The van der Waals surface area contributed by atoms with Gasteiger partial charge < -0.3 is 10.6 Å². The lowest BCUT2D eigenvalue weighted by Gasteiger charge is -2.46. The van der Waals surface area contributed by atoms with Crippen LogP contribution in [0.1, 0.15) is 45.1 Å². The average molecular weight is 359 g/mol. The quantitative estimate of drug-likeness (QED) is 0.749. The van der Waals surface area contributed by atoms with E-state index in [1.165, 1.54) is 18.5 Å². The van der Waals surface area contributed by atoms with Crippen LogP contribution in [0.2, 0.25) is 0 Å². The van der Waals surface area contributed by atoms with Crippen molar-refractivity contribution in [3.63, 3.8) is 0 Å². The number of nitrogens with zero attached hydrogens (tertiary/aromatic N) is 2. The molecule has 2 fully saturated rings. The summed E-state index contributed by atoms with van der Waals surface area (Å²) in [6.07, 6.45) is 7.89. The maximum atomic E-state index is 11.9. The second-order valence-electron chi connectivity index (χ2n) is 8.52. The third kappa shape index (κ3) is 5.78. The summed E-state index contributed by atoms with van der Waals surface area (Å²) in [6, 6.07) is 4.75. The van der Waals surface area contributed by atoms with Gasteiger partial charge in [-0.25, -0.2) is 0 Å². The predicted octanol–water partition coefficient (Wildman–Crippen LogP) is 2.43. The van der Waals surface area contributed by atoms with E-state index in [1.54, 1.807) is 0 Å². The first-order valence-corrected chi connectivity index (χ1v) is 10.2. The van der Waals surface area contributed by atoms with E-state index < -0.39 is 0 Å². The van der Waals surface area contributed by atoms with E-state index in [4.69, 9.17) is 0 Å². The number of rotatable bonds is 8. The maximum Gasteiger partial charge on any atom is 0.220 e. The van der Waals surface area contributed by atoms with Gasteiger partial charge in [0.2, 0.25) is 5.91 Å². The van der Waals surface area contributed by atoms with Crippen LogP contribution >= 0.6 is 0 Å². The molecule has 3 heterocycles. The van der Waals surface area contributed by atoms with E-state index in [1.807, 2.05) is 18.5 Å². The van der Waals surface area contributed by atoms with Gasteiger partial charge in [0.05, 0.1) is 0 Å². The molecule has 0 unspecified atom stereocenters. The molecule has 5 heteroatoms. The van der Waals surface area contributed by atoms with Gasteiger partial charge >= 0.3 is 0 Å². The van der Waals surface area contributed by atoms with Crippen LogP contribution in [0.4, 0.5) is 0 Å². The largest absolute Gasteiger partial charge is 0.356 e. The molecule has 0 spiro atoms. The van der Waals surface area contributed by atoms with Crippen molar-refractivity contribution in [2.24, 2.45) is 17.8 Å². The number of amides is 1. The Morgan fingerprint density at radius 2 is 2.31 bits per heavy atom. The van der Waals surface area contributed by atoms with Crippen molar-refractivity contribution in [3.8, 4) is 0 Å². The second-order valence-corrected chi connectivity index (χ2v) is 8.52. The highest BCUT2D eigenvalue weighted by Gasteiger charge is 2.36. The molecule has 3 atom stereocenters. The van der Waals surface area contributed by atoms with Gasteiger partial charge in [-0.2, -0.15) is 0 Å². The van der Waals surface area contributed by atoms with Crippen molar-refractivity contribution < 1.29 is 4.79 Å². The molecule has 5 nitrogen and oxygen atoms in total. The SMILES string of the molecule is CC(C)CNC(=O)CCC[C@H]1NC[C@@H]2C[C@@H]1CN(Cc1cccnc1)C2. The first-order chi connectivity index (χ1) is 12.6. The van der Waals surface area contributed by atoms with E-state index in [0.29, 0.717) is 24.3 Å². The zero-order chi connectivity index (χ0) is 18.4. The maximum absolute atomic E-state index is 11.9. The molecule has 0 aromatic carbocycles. The van der Waals surface area contributed by atoms with E-state index in [0.717, 1.165) is 44.9 Å². The molecule has 0 aliphatic carbocycles. The summed E-state index contributed by atoms with van der Waals surface area (Å²) in [4.78, 5) is 18.8. The molecule has 2 N–H and O–H groups in total. The third-order valence-corrected chi connectivity index (χ3v) is 5.64. The molecule has 1 aromatic heterocycles. The zero-order valence-corrected chi connectivity index (χ0v) is 16.3. The van der Waals surface area contributed by atoms with Crippen molar-refractivity contribution >= 4 is 5.91 Å². The molecule has 0 saturated carbocycles. The van der Waals surface area contributed by atoms with Gasteiger partial charge in [0.25, 0.3) is 0 Å². The first kappa shape index (κ1) is 19.3. The molecule has 2 saturated heterocycles. The van der Waals surface area contributed by atoms with Crippen molar-refractivity contribution in [2.75, 3.05) is 26.2 Å². The van der Waals surface area contributed by atoms with E-state index in [-0.39, 0.29) is 5.91 Å². The van der Waals surface area contributed by atoms with Gasteiger partial charge in [0, 0.05) is 51.0 Å². The number of carbonyl (C=O) groups excluding carboxylic acids is 1. The second kappa shape index (κ2) is 9.47. The van der Waals surface area contributed by atoms with Gasteiger partial charge in [0.1, 0.15) is 0 Å². The highest BCUT2D eigenvalue weighted by Crippen LogP contribution is 2.31. The molecule has 2 aliphatic heterocycles. The standard InChI is InChI=1S/C21H34N4O/c1-16(2)10-24-21(26)7-3-6-20-19-9-18(12-23-20)14-25(15-19)13-17-5-4-8-22-11-17/h4-5,8,11,16,18-20,23H,3,6-7,9-10,12-15H2,1-2H3,(H,24,26)/t18-,19+,20+/m0/s1. The third-order valence-electron chi connectivity index (χ3n) is 5.64. The molecule has 2 bridgehead atoms. The highest BCUT2D eigenvalue weighted by molar-refractivity contribution is 5.75. The number of fused-ring (bicyclic) bond motifs is 2. The fraction of sp³-hybridized carbons (Fsp3) is 0.714. The molecule has 1 aromatic rings.